The monoisotopic (exact) mass is 606 g/mol. The van der Waals surface area contributed by atoms with E-state index in [9.17, 15) is 9.59 Å². The number of benzene rings is 3. The molecule has 0 spiro atoms. The fourth-order valence-corrected chi connectivity index (χ4v) is 4.70. The first-order valence-corrected chi connectivity index (χ1v) is 14.3. The number of aryl methyl sites for hydroxylation is 3. The van der Waals surface area contributed by atoms with E-state index in [0.29, 0.717) is 34.3 Å². The zero-order valence-corrected chi connectivity index (χ0v) is 25.5. The Morgan fingerprint density at radius 1 is 0.867 bits per heavy atom. The summed E-state index contributed by atoms with van der Waals surface area (Å²) in [4.78, 5) is 25.2. The molecule has 5 aromatic rings. The van der Waals surface area contributed by atoms with Crippen molar-refractivity contribution in [1.29, 1.82) is 0 Å². The molecule has 0 radical (unpaired) electrons. The van der Waals surface area contributed by atoms with E-state index in [1.165, 1.54) is 13.3 Å². The van der Waals surface area contributed by atoms with Gasteiger partial charge in [0.25, 0.3) is 5.91 Å². The summed E-state index contributed by atoms with van der Waals surface area (Å²) in [5, 5.41) is 6.88. The van der Waals surface area contributed by atoms with Crippen LogP contribution in [-0.4, -0.2) is 36.3 Å². The van der Waals surface area contributed by atoms with Crippen LogP contribution in [0.25, 0.3) is 5.69 Å². The number of ether oxygens (including phenoxy) is 3. The predicted molar refractivity (Wildman–Crippen MR) is 172 cm³/mol. The van der Waals surface area contributed by atoms with Crippen molar-refractivity contribution in [1.82, 2.24) is 9.99 Å². The van der Waals surface area contributed by atoms with Gasteiger partial charge in [-0.3, -0.25) is 9.59 Å². The number of aromatic nitrogens is 1. The van der Waals surface area contributed by atoms with Gasteiger partial charge in [-0.2, -0.15) is 5.10 Å². The maximum Gasteiger partial charge on any atom is 0.307 e. The molecule has 3 aromatic carbocycles. The molecule has 5 rings (SSSR count). The Labute approximate surface area is 261 Å². The van der Waals surface area contributed by atoms with Crippen molar-refractivity contribution in [3.05, 3.63) is 125 Å². The van der Waals surface area contributed by atoms with Gasteiger partial charge < -0.3 is 28.5 Å². The molecule has 0 aliphatic rings. The van der Waals surface area contributed by atoms with Crippen LogP contribution in [0.2, 0.25) is 0 Å². The molecular weight excluding hydrogens is 572 g/mol. The summed E-state index contributed by atoms with van der Waals surface area (Å²) in [6.45, 7) is 5.93. The largest absolute Gasteiger partial charge is 0.493 e. The number of furan rings is 1. The first-order valence-electron chi connectivity index (χ1n) is 14.3. The molecule has 2 N–H and O–H groups in total. The van der Waals surface area contributed by atoms with Crippen LogP contribution in [0.1, 0.15) is 38.8 Å². The van der Waals surface area contributed by atoms with Crippen LogP contribution in [-0.2, 0) is 11.4 Å². The van der Waals surface area contributed by atoms with Gasteiger partial charge in [0, 0.05) is 28.3 Å². The average Bonchev–Trinajstić information content (AvgIpc) is 3.66. The summed E-state index contributed by atoms with van der Waals surface area (Å²) < 4.78 is 24.9. The highest BCUT2D eigenvalue weighted by Gasteiger charge is 2.14. The van der Waals surface area contributed by atoms with Gasteiger partial charge in [-0.15, -0.1) is 0 Å². The SMILES string of the molecule is COc1cccc(/C=N/NC(=O)c2ccc(COc3ccc(-n4c(C)ccc4C)cc3)o2)c1OCC(=O)Nc1ccccc1C. The molecule has 45 heavy (non-hydrogen) atoms. The normalized spacial score (nSPS) is 10.9. The van der Waals surface area contributed by atoms with Crippen molar-refractivity contribution in [3.8, 4) is 22.9 Å². The fraction of sp³-hybridized carbons (Fsp3) is 0.171. The molecule has 10 heteroatoms. The van der Waals surface area contributed by atoms with E-state index in [-0.39, 0.29) is 24.9 Å². The number of hydrazone groups is 1. The number of nitrogens with one attached hydrogen (secondary N) is 2. The van der Waals surface area contributed by atoms with E-state index in [0.717, 1.165) is 22.6 Å². The Morgan fingerprint density at radius 3 is 2.36 bits per heavy atom. The van der Waals surface area contributed by atoms with Crippen LogP contribution < -0.4 is 25.0 Å². The number of para-hydroxylation sites is 2. The molecule has 0 aliphatic heterocycles. The van der Waals surface area contributed by atoms with E-state index in [1.807, 2.05) is 55.5 Å². The van der Waals surface area contributed by atoms with E-state index in [4.69, 9.17) is 18.6 Å². The third-order valence-corrected chi connectivity index (χ3v) is 7.00. The highest BCUT2D eigenvalue weighted by Crippen LogP contribution is 2.30. The summed E-state index contributed by atoms with van der Waals surface area (Å²) in [7, 11) is 1.50. The summed E-state index contributed by atoms with van der Waals surface area (Å²) >= 11 is 0. The van der Waals surface area contributed by atoms with Gasteiger partial charge in [0.2, 0.25) is 0 Å². The van der Waals surface area contributed by atoms with Crippen molar-refractivity contribution in [2.24, 2.45) is 5.10 Å². The molecule has 230 valence electrons. The van der Waals surface area contributed by atoms with Gasteiger partial charge in [0.05, 0.1) is 13.3 Å². The Morgan fingerprint density at radius 2 is 1.62 bits per heavy atom. The number of anilines is 1. The standard InChI is InChI=1S/C35H34N4O6/c1-23-8-5-6-10-30(23)37-33(40)22-44-34-26(9-7-11-31(34)42-4)20-36-38-35(41)32-19-18-29(45-32)21-43-28-16-14-27(15-17-28)39-24(2)12-13-25(39)3/h5-20H,21-22H2,1-4H3,(H,37,40)(H,38,41)/b36-20+. The van der Waals surface area contributed by atoms with Crippen LogP contribution in [0.3, 0.4) is 0 Å². The van der Waals surface area contributed by atoms with Crippen LogP contribution in [0.4, 0.5) is 5.69 Å². The number of nitrogens with zero attached hydrogens (tertiary/aromatic N) is 2. The number of rotatable bonds is 12. The van der Waals surface area contributed by atoms with Crippen LogP contribution in [0.5, 0.6) is 17.2 Å². The number of amides is 2. The third kappa shape index (κ3) is 7.61. The van der Waals surface area contributed by atoms with E-state index < -0.39 is 5.91 Å². The minimum Gasteiger partial charge on any atom is -0.493 e. The maximum atomic E-state index is 12.7. The first kappa shape index (κ1) is 30.7. The minimum atomic E-state index is -0.540. The minimum absolute atomic E-state index is 0.0784. The summed E-state index contributed by atoms with van der Waals surface area (Å²) in [5.74, 6) is 1.09. The van der Waals surface area contributed by atoms with E-state index >= 15 is 0 Å². The number of carbonyl (C=O) groups is 2. The van der Waals surface area contributed by atoms with Gasteiger partial charge in [0.15, 0.2) is 23.9 Å². The molecule has 0 fully saturated rings. The van der Waals surface area contributed by atoms with E-state index in [2.05, 4.69) is 46.4 Å². The van der Waals surface area contributed by atoms with Gasteiger partial charge >= 0.3 is 5.91 Å². The molecule has 0 bridgehead atoms. The third-order valence-electron chi connectivity index (χ3n) is 7.00. The Kier molecular flexibility index (Phi) is 9.64. The lowest BCUT2D eigenvalue weighted by atomic mass is 10.2. The molecular formula is C35H34N4O6. The zero-order valence-electron chi connectivity index (χ0n) is 25.5. The number of methoxy groups -OCH3 is 1. The quantitative estimate of drug-likeness (QED) is 0.126. The summed E-state index contributed by atoms with van der Waals surface area (Å²) in [5.41, 5.74) is 7.95. The lowest BCUT2D eigenvalue weighted by Crippen LogP contribution is -2.21. The fourth-order valence-electron chi connectivity index (χ4n) is 4.70. The first-order chi connectivity index (χ1) is 21.8. The lowest BCUT2D eigenvalue weighted by molar-refractivity contribution is -0.118. The number of carbonyl (C=O) groups excluding carboxylic acids is 2. The Hall–Kier alpha value is -5.77. The second-order valence-corrected chi connectivity index (χ2v) is 10.2. The highest BCUT2D eigenvalue weighted by molar-refractivity contribution is 5.94. The second-order valence-electron chi connectivity index (χ2n) is 10.2. The molecule has 0 unspecified atom stereocenters. The number of hydrogen-bond acceptors (Lipinski definition) is 7. The van der Waals surface area contributed by atoms with Crippen LogP contribution in [0, 0.1) is 20.8 Å². The van der Waals surface area contributed by atoms with Crippen molar-refractivity contribution in [2.45, 2.75) is 27.4 Å². The second kappa shape index (κ2) is 14.1. The van der Waals surface area contributed by atoms with Gasteiger partial charge in [-0.25, -0.2) is 5.43 Å². The summed E-state index contributed by atoms with van der Waals surface area (Å²) in [6.07, 6.45) is 1.41. The molecule has 10 nitrogen and oxygen atoms in total. The van der Waals surface area contributed by atoms with Crippen LogP contribution in [0.15, 0.2) is 101 Å². The van der Waals surface area contributed by atoms with Crippen molar-refractivity contribution < 1.29 is 28.2 Å². The molecule has 2 heterocycles. The van der Waals surface area contributed by atoms with Gasteiger partial charge in [-0.1, -0.05) is 24.3 Å². The van der Waals surface area contributed by atoms with Gasteiger partial charge in [-0.05, 0) is 93.1 Å². The molecule has 2 amide bonds. The topological polar surface area (TPSA) is 116 Å². The van der Waals surface area contributed by atoms with Crippen LogP contribution >= 0.6 is 0 Å². The van der Waals surface area contributed by atoms with Crippen molar-refractivity contribution in [3.63, 3.8) is 0 Å². The molecule has 0 aliphatic carbocycles. The van der Waals surface area contributed by atoms with E-state index in [1.54, 1.807) is 30.3 Å². The molecule has 0 atom stereocenters. The highest BCUT2D eigenvalue weighted by atomic mass is 16.5. The predicted octanol–water partition coefficient (Wildman–Crippen LogP) is 6.36. The molecule has 0 saturated carbocycles. The molecule has 2 aromatic heterocycles. The average molecular weight is 607 g/mol. The van der Waals surface area contributed by atoms with Crippen molar-refractivity contribution >= 4 is 23.7 Å². The maximum absolute atomic E-state index is 12.7. The Balaban J connectivity index is 1.15. The summed E-state index contributed by atoms with van der Waals surface area (Å²) in [6, 6.07) is 27.8. The smallest absolute Gasteiger partial charge is 0.307 e. The van der Waals surface area contributed by atoms with Crippen molar-refractivity contribution in [2.75, 3.05) is 19.0 Å². The zero-order chi connectivity index (χ0) is 31.8. The molecule has 0 saturated heterocycles. The van der Waals surface area contributed by atoms with Gasteiger partial charge in [0.1, 0.15) is 18.1 Å². The lowest BCUT2D eigenvalue weighted by Gasteiger charge is -2.13. The number of hydrogen-bond donors (Lipinski definition) is 2. The Bertz CT molecular complexity index is 1800.